The highest BCUT2D eigenvalue weighted by Crippen LogP contribution is 2.27. The van der Waals surface area contributed by atoms with E-state index < -0.39 is 5.82 Å². The lowest BCUT2D eigenvalue weighted by molar-refractivity contribution is 0.418. The van der Waals surface area contributed by atoms with E-state index >= 15 is 0 Å². The van der Waals surface area contributed by atoms with Gasteiger partial charge in [-0.2, -0.15) is 9.37 Å². The van der Waals surface area contributed by atoms with Gasteiger partial charge in [-0.1, -0.05) is 11.6 Å². The van der Waals surface area contributed by atoms with Crippen molar-refractivity contribution in [3.05, 3.63) is 40.8 Å². The minimum Gasteiger partial charge on any atom is -0.436 e. The van der Waals surface area contributed by atoms with Crippen molar-refractivity contribution in [1.82, 2.24) is 9.97 Å². The largest absolute Gasteiger partial charge is 0.436 e. The van der Waals surface area contributed by atoms with Crippen LogP contribution in [0.3, 0.4) is 0 Å². The van der Waals surface area contributed by atoms with Crippen molar-refractivity contribution in [2.45, 2.75) is 6.92 Å². The molecule has 2 rings (SSSR count). The number of nitrogens with two attached hydrogens (primary N) is 1. The van der Waals surface area contributed by atoms with Gasteiger partial charge in [-0.25, -0.2) is 4.98 Å². The second-order valence-electron chi connectivity index (χ2n) is 3.39. The third kappa shape index (κ3) is 2.62. The number of hydrogen-bond donors (Lipinski definition) is 1. The fraction of sp³-hybridized carbons (Fsp3) is 0.0909. The van der Waals surface area contributed by atoms with E-state index in [2.05, 4.69) is 9.97 Å². The van der Waals surface area contributed by atoms with E-state index in [1.54, 1.807) is 25.1 Å². The molecule has 1 aromatic carbocycles. The van der Waals surface area contributed by atoms with E-state index in [9.17, 15) is 4.39 Å². The van der Waals surface area contributed by atoms with Gasteiger partial charge >= 0.3 is 0 Å². The van der Waals surface area contributed by atoms with E-state index in [1.165, 1.54) is 0 Å². The van der Waals surface area contributed by atoms with Gasteiger partial charge in [0.1, 0.15) is 5.75 Å². The predicted octanol–water partition coefficient (Wildman–Crippen LogP) is 2.95. The Balaban J connectivity index is 2.34. The summed E-state index contributed by atoms with van der Waals surface area (Å²) in [6.07, 6.45) is 0.961. The molecule has 0 amide bonds. The molecule has 0 aliphatic rings. The molecule has 0 bridgehead atoms. The molecule has 0 spiro atoms. The second kappa shape index (κ2) is 4.55. The number of nitrogen functional groups attached to an aromatic ring is 1. The molecule has 0 radical (unpaired) electrons. The summed E-state index contributed by atoms with van der Waals surface area (Å²) in [5, 5.41) is 0.581. The normalized spacial score (nSPS) is 10.3. The standard InChI is InChI=1S/C11H9ClFN3O/c1-6-4-7(12)2-3-9(6)17-10-8(13)5-15-11(14)16-10/h2-5H,1H3,(H2,14,15,16). The molecule has 6 heteroatoms. The lowest BCUT2D eigenvalue weighted by Crippen LogP contribution is -2.00. The third-order valence-corrected chi connectivity index (χ3v) is 2.31. The lowest BCUT2D eigenvalue weighted by atomic mass is 10.2. The fourth-order valence-electron chi connectivity index (χ4n) is 1.27. The highest BCUT2D eigenvalue weighted by atomic mass is 35.5. The summed E-state index contributed by atoms with van der Waals surface area (Å²) in [6, 6.07) is 4.99. The minimum absolute atomic E-state index is 0.0481. The number of aromatic nitrogens is 2. The molecule has 2 N–H and O–H groups in total. The van der Waals surface area contributed by atoms with Crippen LogP contribution in [0.15, 0.2) is 24.4 Å². The molecule has 4 nitrogen and oxygen atoms in total. The Kier molecular flexibility index (Phi) is 3.10. The topological polar surface area (TPSA) is 61.0 Å². The number of benzene rings is 1. The van der Waals surface area contributed by atoms with Crippen molar-refractivity contribution in [2.75, 3.05) is 5.73 Å². The Morgan fingerprint density at radius 2 is 2.18 bits per heavy atom. The molecule has 88 valence electrons. The SMILES string of the molecule is Cc1cc(Cl)ccc1Oc1nc(N)ncc1F. The van der Waals surface area contributed by atoms with Crippen LogP contribution in [-0.4, -0.2) is 9.97 Å². The number of nitrogens with zero attached hydrogens (tertiary/aromatic N) is 2. The average molecular weight is 254 g/mol. The summed E-state index contributed by atoms with van der Waals surface area (Å²) < 4.78 is 18.6. The van der Waals surface area contributed by atoms with Gasteiger partial charge in [0.05, 0.1) is 6.20 Å². The molecular weight excluding hydrogens is 245 g/mol. The van der Waals surface area contributed by atoms with Crippen LogP contribution < -0.4 is 10.5 Å². The van der Waals surface area contributed by atoms with Gasteiger partial charge in [-0.3, -0.25) is 0 Å². The van der Waals surface area contributed by atoms with Crippen molar-refractivity contribution < 1.29 is 9.13 Å². The average Bonchev–Trinajstić information content (AvgIpc) is 2.27. The third-order valence-electron chi connectivity index (χ3n) is 2.07. The van der Waals surface area contributed by atoms with E-state index in [0.29, 0.717) is 10.8 Å². The summed E-state index contributed by atoms with van der Waals surface area (Å²) in [4.78, 5) is 7.18. The molecule has 0 saturated carbocycles. The number of ether oxygens (including phenoxy) is 1. The van der Waals surface area contributed by atoms with E-state index in [-0.39, 0.29) is 11.8 Å². The smallest absolute Gasteiger partial charge is 0.260 e. The number of hydrogen-bond acceptors (Lipinski definition) is 4. The van der Waals surface area contributed by atoms with Crippen LogP contribution in [0.1, 0.15) is 5.56 Å². The number of anilines is 1. The van der Waals surface area contributed by atoms with Gasteiger partial charge in [0.25, 0.3) is 5.88 Å². The summed E-state index contributed by atoms with van der Waals surface area (Å²) in [7, 11) is 0. The van der Waals surface area contributed by atoms with Crippen molar-refractivity contribution in [3.8, 4) is 11.6 Å². The Labute approximate surface area is 102 Å². The molecule has 0 aliphatic carbocycles. The number of halogens is 2. The van der Waals surface area contributed by atoms with Gasteiger partial charge in [0.2, 0.25) is 11.8 Å². The highest BCUT2D eigenvalue weighted by Gasteiger charge is 2.09. The van der Waals surface area contributed by atoms with Crippen LogP contribution >= 0.6 is 11.6 Å². The number of rotatable bonds is 2. The second-order valence-corrected chi connectivity index (χ2v) is 3.83. The first-order chi connectivity index (χ1) is 8.06. The lowest BCUT2D eigenvalue weighted by Gasteiger charge is -2.08. The first-order valence-electron chi connectivity index (χ1n) is 4.78. The van der Waals surface area contributed by atoms with Gasteiger partial charge < -0.3 is 10.5 Å². The molecule has 0 aliphatic heterocycles. The van der Waals surface area contributed by atoms with Crippen LogP contribution in [0.5, 0.6) is 11.6 Å². The molecule has 1 heterocycles. The quantitative estimate of drug-likeness (QED) is 0.894. The summed E-state index contributed by atoms with van der Waals surface area (Å²) in [6.45, 7) is 1.80. The van der Waals surface area contributed by atoms with Crippen molar-refractivity contribution in [1.29, 1.82) is 0 Å². The maximum atomic E-state index is 13.3. The minimum atomic E-state index is -0.673. The highest BCUT2D eigenvalue weighted by molar-refractivity contribution is 6.30. The Hall–Kier alpha value is -1.88. The zero-order valence-corrected chi connectivity index (χ0v) is 9.70. The maximum absolute atomic E-state index is 13.3. The monoisotopic (exact) mass is 253 g/mol. The zero-order valence-electron chi connectivity index (χ0n) is 8.95. The summed E-state index contributed by atoms with van der Waals surface area (Å²) >= 11 is 5.80. The Bertz CT molecular complexity index is 562. The Morgan fingerprint density at radius 1 is 1.41 bits per heavy atom. The van der Waals surface area contributed by atoms with Crippen LogP contribution in [0.25, 0.3) is 0 Å². The van der Waals surface area contributed by atoms with Crippen LogP contribution in [0.2, 0.25) is 5.02 Å². The molecule has 0 atom stereocenters. The predicted molar refractivity (Wildman–Crippen MR) is 62.7 cm³/mol. The number of aryl methyl sites for hydroxylation is 1. The Morgan fingerprint density at radius 3 is 2.88 bits per heavy atom. The van der Waals surface area contributed by atoms with Crippen molar-refractivity contribution >= 4 is 17.5 Å². The summed E-state index contributed by atoms with van der Waals surface area (Å²) in [5.41, 5.74) is 6.13. The molecule has 2 aromatic rings. The van der Waals surface area contributed by atoms with Gasteiger partial charge in [-0.15, -0.1) is 0 Å². The van der Waals surface area contributed by atoms with Gasteiger partial charge in [0, 0.05) is 5.02 Å². The van der Waals surface area contributed by atoms with E-state index in [1.807, 2.05) is 0 Å². The molecule has 0 fully saturated rings. The maximum Gasteiger partial charge on any atom is 0.260 e. The molecular formula is C11H9ClFN3O. The van der Waals surface area contributed by atoms with E-state index in [0.717, 1.165) is 11.8 Å². The molecule has 1 aromatic heterocycles. The fourth-order valence-corrected chi connectivity index (χ4v) is 1.49. The first kappa shape index (κ1) is 11.6. The van der Waals surface area contributed by atoms with Gasteiger partial charge in [-0.05, 0) is 30.7 Å². The van der Waals surface area contributed by atoms with Gasteiger partial charge in [0.15, 0.2) is 0 Å². The molecule has 17 heavy (non-hydrogen) atoms. The van der Waals surface area contributed by atoms with Crippen LogP contribution in [0.4, 0.5) is 10.3 Å². The van der Waals surface area contributed by atoms with Crippen LogP contribution in [-0.2, 0) is 0 Å². The summed E-state index contributed by atoms with van der Waals surface area (Å²) in [5.74, 6) is -0.462. The van der Waals surface area contributed by atoms with Crippen molar-refractivity contribution in [2.24, 2.45) is 0 Å². The molecule has 0 saturated heterocycles. The van der Waals surface area contributed by atoms with Crippen molar-refractivity contribution in [3.63, 3.8) is 0 Å². The zero-order chi connectivity index (χ0) is 12.4. The first-order valence-corrected chi connectivity index (χ1v) is 5.16. The molecule has 0 unspecified atom stereocenters. The van der Waals surface area contributed by atoms with E-state index in [4.69, 9.17) is 22.1 Å². The van der Waals surface area contributed by atoms with Crippen LogP contribution in [0, 0.1) is 12.7 Å².